The standard InChI is InChI=1S/C24H23NO5/c1-3-29-21-8-5-7-20(14-21)25-15-19-6-4-9-22(28-2)23(19)30-16-17-10-12-18(13-11-17)24(26)27/h4-15H,3,16H2,1-2H3,(H,26,27). The fourth-order valence-corrected chi connectivity index (χ4v) is 2.81. The third kappa shape index (κ3) is 5.38. The Balaban J connectivity index is 1.80. The highest BCUT2D eigenvalue weighted by Crippen LogP contribution is 2.31. The predicted octanol–water partition coefficient (Wildman–Crippen LogP) is 5.12. The minimum absolute atomic E-state index is 0.234. The van der Waals surface area contributed by atoms with Gasteiger partial charge in [0, 0.05) is 17.8 Å². The highest BCUT2D eigenvalue weighted by molar-refractivity contribution is 5.88. The zero-order valence-electron chi connectivity index (χ0n) is 16.9. The Kier molecular flexibility index (Phi) is 7.05. The van der Waals surface area contributed by atoms with Gasteiger partial charge < -0.3 is 19.3 Å². The number of nitrogens with zero attached hydrogens (tertiary/aromatic N) is 1. The average molecular weight is 405 g/mol. The number of aliphatic imine (C=N–C) groups is 1. The normalized spacial score (nSPS) is 10.7. The number of rotatable bonds is 9. The molecule has 0 bridgehead atoms. The molecule has 3 aromatic rings. The summed E-state index contributed by atoms with van der Waals surface area (Å²) in [7, 11) is 1.58. The molecule has 3 aromatic carbocycles. The summed E-state index contributed by atoms with van der Waals surface area (Å²) < 4.78 is 17.0. The highest BCUT2D eigenvalue weighted by Gasteiger charge is 2.10. The lowest BCUT2D eigenvalue weighted by Gasteiger charge is -2.13. The van der Waals surface area contributed by atoms with E-state index in [2.05, 4.69) is 4.99 Å². The van der Waals surface area contributed by atoms with Crippen LogP contribution < -0.4 is 14.2 Å². The van der Waals surface area contributed by atoms with Gasteiger partial charge in [-0.1, -0.05) is 24.3 Å². The average Bonchev–Trinajstić information content (AvgIpc) is 2.77. The molecule has 0 radical (unpaired) electrons. The second kappa shape index (κ2) is 10.1. The lowest BCUT2D eigenvalue weighted by molar-refractivity contribution is 0.0697. The maximum atomic E-state index is 11.0. The van der Waals surface area contributed by atoms with E-state index in [1.54, 1.807) is 37.6 Å². The van der Waals surface area contributed by atoms with Gasteiger partial charge in [0.2, 0.25) is 0 Å². The maximum absolute atomic E-state index is 11.0. The van der Waals surface area contributed by atoms with Crippen molar-refractivity contribution in [1.82, 2.24) is 0 Å². The molecule has 30 heavy (non-hydrogen) atoms. The van der Waals surface area contributed by atoms with Crippen LogP contribution in [0.15, 0.2) is 71.7 Å². The van der Waals surface area contributed by atoms with Gasteiger partial charge in [0.05, 0.1) is 25.0 Å². The van der Waals surface area contributed by atoms with Crippen molar-refractivity contribution in [2.75, 3.05) is 13.7 Å². The molecule has 0 atom stereocenters. The van der Waals surface area contributed by atoms with E-state index >= 15 is 0 Å². The Morgan fingerprint density at radius 2 is 1.80 bits per heavy atom. The van der Waals surface area contributed by atoms with Crippen LogP contribution in [0.2, 0.25) is 0 Å². The molecule has 0 unspecified atom stereocenters. The number of ether oxygens (including phenoxy) is 3. The highest BCUT2D eigenvalue weighted by atomic mass is 16.5. The van der Waals surface area contributed by atoms with Crippen molar-refractivity contribution in [3.05, 3.63) is 83.4 Å². The third-order valence-corrected chi connectivity index (χ3v) is 4.29. The van der Waals surface area contributed by atoms with E-state index in [1.165, 1.54) is 0 Å². The minimum Gasteiger partial charge on any atom is -0.494 e. The monoisotopic (exact) mass is 405 g/mol. The largest absolute Gasteiger partial charge is 0.494 e. The van der Waals surface area contributed by atoms with Gasteiger partial charge in [0.25, 0.3) is 0 Å². The van der Waals surface area contributed by atoms with Crippen LogP contribution in [0.3, 0.4) is 0 Å². The minimum atomic E-state index is -0.959. The Hall–Kier alpha value is -3.80. The molecule has 0 heterocycles. The number of carboxylic acid groups (broad SMARTS) is 1. The summed E-state index contributed by atoms with van der Waals surface area (Å²) in [5.41, 5.74) is 2.61. The van der Waals surface area contributed by atoms with Gasteiger partial charge in [-0.2, -0.15) is 0 Å². The van der Waals surface area contributed by atoms with Crippen molar-refractivity contribution in [2.45, 2.75) is 13.5 Å². The van der Waals surface area contributed by atoms with Crippen LogP contribution in [0, 0.1) is 0 Å². The van der Waals surface area contributed by atoms with Gasteiger partial charge in [-0.3, -0.25) is 4.99 Å². The van der Waals surface area contributed by atoms with Crippen molar-refractivity contribution in [2.24, 2.45) is 4.99 Å². The number of hydrogen-bond acceptors (Lipinski definition) is 5. The fraction of sp³-hybridized carbons (Fsp3) is 0.167. The summed E-state index contributed by atoms with van der Waals surface area (Å²) in [6.45, 7) is 2.79. The van der Waals surface area contributed by atoms with Crippen molar-refractivity contribution in [3.63, 3.8) is 0 Å². The number of benzene rings is 3. The summed E-state index contributed by atoms with van der Waals surface area (Å²) >= 11 is 0. The van der Waals surface area contributed by atoms with Crippen LogP contribution in [0.4, 0.5) is 5.69 Å². The topological polar surface area (TPSA) is 77.3 Å². The molecular weight excluding hydrogens is 382 g/mol. The Morgan fingerprint density at radius 3 is 2.50 bits per heavy atom. The first-order valence-electron chi connectivity index (χ1n) is 9.49. The molecule has 0 spiro atoms. The lowest BCUT2D eigenvalue weighted by Crippen LogP contribution is -2.02. The van der Waals surface area contributed by atoms with Gasteiger partial charge in [-0.15, -0.1) is 0 Å². The Labute approximate surface area is 175 Å². The lowest BCUT2D eigenvalue weighted by atomic mass is 10.1. The van der Waals surface area contributed by atoms with Gasteiger partial charge in [0.15, 0.2) is 11.5 Å². The zero-order valence-corrected chi connectivity index (χ0v) is 16.9. The Bertz CT molecular complexity index is 1030. The zero-order chi connectivity index (χ0) is 21.3. The molecule has 0 aliphatic heterocycles. The quantitative estimate of drug-likeness (QED) is 0.500. The summed E-state index contributed by atoms with van der Waals surface area (Å²) in [4.78, 5) is 15.5. The summed E-state index contributed by atoms with van der Waals surface area (Å²) in [5, 5.41) is 9.02. The molecule has 6 nitrogen and oxygen atoms in total. The maximum Gasteiger partial charge on any atom is 0.335 e. The molecule has 0 amide bonds. The van der Waals surface area contributed by atoms with Gasteiger partial charge >= 0.3 is 5.97 Å². The van der Waals surface area contributed by atoms with Gasteiger partial charge in [-0.05, 0) is 48.9 Å². The molecule has 6 heteroatoms. The van der Waals surface area contributed by atoms with Crippen LogP contribution in [0.25, 0.3) is 0 Å². The number of aromatic carboxylic acids is 1. The summed E-state index contributed by atoms with van der Waals surface area (Å²) in [6.07, 6.45) is 1.72. The predicted molar refractivity (Wildman–Crippen MR) is 116 cm³/mol. The van der Waals surface area contributed by atoms with Gasteiger partial charge in [0.1, 0.15) is 12.4 Å². The molecule has 0 fully saturated rings. The van der Waals surface area contributed by atoms with Gasteiger partial charge in [-0.25, -0.2) is 4.79 Å². The van der Waals surface area contributed by atoms with E-state index in [0.29, 0.717) is 18.1 Å². The molecule has 0 saturated carbocycles. The second-order valence-electron chi connectivity index (χ2n) is 6.36. The van der Waals surface area contributed by atoms with Crippen molar-refractivity contribution < 1.29 is 24.1 Å². The molecule has 1 N–H and O–H groups in total. The molecule has 0 aromatic heterocycles. The number of carbonyl (C=O) groups is 1. The first kappa shape index (κ1) is 20.9. The fourth-order valence-electron chi connectivity index (χ4n) is 2.81. The van der Waals surface area contributed by atoms with E-state index in [1.807, 2.05) is 49.4 Å². The van der Waals surface area contributed by atoms with Crippen LogP contribution in [-0.4, -0.2) is 31.0 Å². The molecule has 0 aliphatic carbocycles. The number of para-hydroxylation sites is 1. The first-order chi connectivity index (χ1) is 14.6. The number of hydrogen-bond donors (Lipinski definition) is 1. The first-order valence-corrected chi connectivity index (χ1v) is 9.49. The van der Waals surface area contributed by atoms with Crippen molar-refractivity contribution in [1.29, 1.82) is 0 Å². The molecule has 0 saturated heterocycles. The SMILES string of the molecule is CCOc1cccc(N=Cc2cccc(OC)c2OCc2ccc(C(=O)O)cc2)c1. The number of carboxylic acids is 1. The molecule has 3 rings (SSSR count). The molecular formula is C24H23NO5. The van der Waals surface area contributed by atoms with Crippen LogP contribution >= 0.6 is 0 Å². The molecule has 0 aliphatic rings. The second-order valence-corrected chi connectivity index (χ2v) is 6.36. The van der Waals surface area contributed by atoms with Crippen molar-refractivity contribution >= 4 is 17.9 Å². The van der Waals surface area contributed by atoms with Crippen LogP contribution in [-0.2, 0) is 6.61 Å². The van der Waals surface area contributed by atoms with Crippen LogP contribution in [0.1, 0.15) is 28.4 Å². The van der Waals surface area contributed by atoms with E-state index in [9.17, 15) is 4.79 Å². The summed E-state index contributed by atoms with van der Waals surface area (Å²) in [5.74, 6) is 0.953. The van der Waals surface area contributed by atoms with Crippen LogP contribution in [0.5, 0.6) is 17.2 Å². The smallest absolute Gasteiger partial charge is 0.335 e. The van der Waals surface area contributed by atoms with E-state index in [0.717, 1.165) is 22.6 Å². The van der Waals surface area contributed by atoms with E-state index in [4.69, 9.17) is 19.3 Å². The molecule has 154 valence electrons. The number of methoxy groups -OCH3 is 1. The van der Waals surface area contributed by atoms with E-state index in [-0.39, 0.29) is 12.2 Å². The van der Waals surface area contributed by atoms with E-state index < -0.39 is 5.97 Å². The third-order valence-electron chi connectivity index (χ3n) is 4.29. The summed E-state index contributed by atoms with van der Waals surface area (Å²) in [6, 6.07) is 19.7. The Morgan fingerprint density at radius 1 is 1.03 bits per heavy atom. The van der Waals surface area contributed by atoms with Crippen molar-refractivity contribution in [3.8, 4) is 17.2 Å².